The van der Waals surface area contributed by atoms with Crippen LogP contribution in [0.4, 0.5) is 4.39 Å². The molecule has 0 spiro atoms. The minimum absolute atomic E-state index is 0.0528. The lowest BCUT2D eigenvalue weighted by atomic mass is 10.1. The van der Waals surface area contributed by atoms with E-state index in [0.29, 0.717) is 6.61 Å². The van der Waals surface area contributed by atoms with Crippen molar-refractivity contribution in [2.24, 2.45) is 0 Å². The lowest BCUT2D eigenvalue weighted by Crippen LogP contribution is -2.52. The van der Waals surface area contributed by atoms with Crippen molar-refractivity contribution in [3.63, 3.8) is 0 Å². The number of aliphatic hydroxyl groups is 1. The monoisotopic (exact) mass is 254 g/mol. The molecule has 0 radical (unpaired) electrons. The molecule has 2 heterocycles. The van der Waals surface area contributed by atoms with Crippen LogP contribution in [-0.4, -0.2) is 52.8 Å². The molecule has 1 aliphatic rings. The van der Waals surface area contributed by atoms with Crippen LogP contribution in [0.5, 0.6) is 0 Å². The maximum absolute atomic E-state index is 13.5. The van der Waals surface area contributed by atoms with Gasteiger partial charge in [-0.05, 0) is 19.1 Å². The number of aliphatic hydroxyl groups excluding tert-OH is 1. The van der Waals surface area contributed by atoms with E-state index in [4.69, 9.17) is 9.84 Å². The van der Waals surface area contributed by atoms with Gasteiger partial charge in [0, 0.05) is 12.7 Å². The fourth-order valence-electron chi connectivity index (χ4n) is 1.91. The van der Waals surface area contributed by atoms with Crippen LogP contribution in [0.3, 0.4) is 0 Å². The second-order valence-electron chi connectivity index (χ2n) is 4.29. The lowest BCUT2D eigenvalue weighted by Gasteiger charge is -2.37. The topological polar surface area (TPSA) is 62.7 Å². The summed E-state index contributed by atoms with van der Waals surface area (Å²) in [4.78, 5) is 17.2. The van der Waals surface area contributed by atoms with Crippen LogP contribution in [-0.2, 0) is 4.74 Å². The largest absolute Gasteiger partial charge is 0.394 e. The van der Waals surface area contributed by atoms with Gasteiger partial charge in [-0.2, -0.15) is 4.39 Å². The summed E-state index contributed by atoms with van der Waals surface area (Å²) in [7, 11) is 0. The highest BCUT2D eigenvalue weighted by Crippen LogP contribution is 2.16. The maximum Gasteiger partial charge on any atom is 0.258 e. The zero-order valence-electron chi connectivity index (χ0n) is 10.0. The summed E-state index contributed by atoms with van der Waals surface area (Å²) < 4.78 is 18.8. The first-order valence-electron chi connectivity index (χ1n) is 5.77. The second-order valence-corrected chi connectivity index (χ2v) is 4.29. The molecule has 1 aromatic rings. The molecule has 1 amide bonds. The number of hydrogen-bond donors (Lipinski definition) is 1. The van der Waals surface area contributed by atoms with Gasteiger partial charge in [-0.1, -0.05) is 0 Å². The molecule has 0 aliphatic carbocycles. The number of carbonyl (C=O) groups is 1. The highest BCUT2D eigenvalue weighted by atomic mass is 19.1. The molecule has 18 heavy (non-hydrogen) atoms. The number of nitrogens with zero attached hydrogens (tertiary/aromatic N) is 2. The van der Waals surface area contributed by atoms with Crippen molar-refractivity contribution in [3.8, 4) is 0 Å². The van der Waals surface area contributed by atoms with Gasteiger partial charge in [0.1, 0.15) is 0 Å². The number of ether oxygens (including phenoxy) is 1. The predicted octanol–water partition coefficient (Wildman–Crippen LogP) is 0.442. The molecule has 6 heteroatoms. The zero-order chi connectivity index (χ0) is 13.1. The summed E-state index contributed by atoms with van der Waals surface area (Å²) in [6.45, 7) is 2.25. The Hall–Kier alpha value is -1.53. The minimum Gasteiger partial charge on any atom is -0.394 e. The van der Waals surface area contributed by atoms with E-state index in [1.54, 1.807) is 0 Å². The highest BCUT2D eigenvalue weighted by molar-refractivity contribution is 5.94. The molecule has 1 saturated heterocycles. The number of rotatable bonds is 2. The van der Waals surface area contributed by atoms with Crippen molar-refractivity contribution in [3.05, 3.63) is 29.8 Å². The molecule has 1 aromatic heterocycles. The molecule has 98 valence electrons. The number of morpholine rings is 1. The van der Waals surface area contributed by atoms with Crippen LogP contribution in [0, 0.1) is 5.95 Å². The average molecular weight is 254 g/mol. The second kappa shape index (κ2) is 5.41. The van der Waals surface area contributed by atoms with Crippen LogP contribution in [0.2, 0.25) is 0 Å². The van der Waals surface area contributed by atoms with E-state index in [2.05, 4.69) is 4.98 Å². The summed E-state index contributed by atoms with van der Waals surface area (Å²) in [5.41, 5.74) is -0.0528. The van der Waals surface area contributed by atoms with Crippen LogP contribution in [0.1, 0.15) is 17.3 Å². The first kappa shape index (κ1) is 12.9. The fraction of sp³-hybridized carbons (Fsp3) is 0.500. The van der Waals surface area contributed by atoms with Gasteiger partial charge in [-0.15, -0.1) is 0 Å². The Labute approximate surface area is 104 Å². The molecule has 0 aromatic carbocycles. The predicted molar refractivity (Wildman–Crippen MR) is 61.5 cm³/mol. The average Bonchev–Trinajstić information content (AvgIpc) is 2.39. The summed E-state index contributed by atoms with van der Waals surface area (Å²) >= 11 is 0. The zero-order valence-corrected chi connectivity index (χ0v) is 10.0. The molecule has 2 unspecified atom stereocenters. The van der Waals surface area contributed by atoms with Gasteiger partial charge >= 0.3 is 0 Å². The third kappa shape index (κ3) is 2.49. The molecular formula is C12H15FN2O3. The Morgan fingerprint density at radius 1 is 1.72 bits per heavy atom. The Morgan fingerprint density at radius 2 is 2.50 bits per heavy atom. The van der Waals surface area contributed by atoms with Crippen LogP contribution in [0.15, 0.2) is 18.3 Å². The van der Waals surface area contributed by atoms with E-state index in [1.807, 2.05) is 6.92 Å². The van der Waals surface area contributed by atoms with E-state index >= 15 is 0 Å². The minimum atomic E-state index is -0.776. The standard InChI is InChI=1S/C12H15FN2O3/c1-8-7-18-9(6-16)5-15(8)12(17)10-3-2-4-14-11(10)13/h2-4,8-9,16H,5-7H2,1H3. The smallest absolute Gasteiger partial charge is 0.258 e. The van der Waals surface area contributed by atoms with Gasteiger partial charge in [0.25, 0.3) is 5.91 Å². The Morgan fingerprint density at radius 3 is 3.17 bits per heavy atom. The first-order chi connectivity index (χ1) is 8.63. The van der Waals surface area contributed by atoms with Gasteiger partial charge < -0.3 is 14.7 Å². The number of pyridine rings is 1. The molecule has 5 nitrogen and oxygen atoms in total. The van der Waals surface area contributed by atoms with Crippen molar-refractivity contribution >= 4 is 5.91 Å². The SMILES string of the molecule is CC1COC(CO)CN1C(=O)c1cccnc1F. The molecule has 2 atom stereocenters. The summed E-state index contributed by atoms with van der Waals surface area (Å²) in [5, 5.41) is 9.05. The summed E-state index contributed by atoms with van der Waals surface area (Å²) in [5.74, 6) is -1.20. The number of halogens is 1. The first-order valence-corrected chi connectivity index (χ1v) is 5.77. The third-order valence-electron chi connectivity index (χ3n) is 2.96. The molecule has 0 bridgehead atoms. The maximum atomic E-state index is 13.5. The van der Waals surface area contributed by atoms with E-state index < -0.39 is 18.0 Å². The highest BCUT2D eigenvalue weighted by Gasteiger charge is 2.31. The molecule has 2 rings (SSSR count). The van der Waals surface area contributed by atoms with Crippen molar-refractivity contribution < 1.29 is 19.0 Å². The number of hydrogen-bond acceptors (Lipinski definition) is 4. The van der Waals surface area contributed by atoms with E-state index in [9.17, 15) is 9.18 Å². The Bertz CT molecular complexity index is 441. The molecular weight excluding hydrogens is 239 g/mol. The quantitative estimate of drug-likeness (QED) is 0.778. The Kier molecular flexibility index (Phi) is 3.88. The fourth-order valence-corrected chi connectivity index (χ4v) is 1.91. The molecule has 1 N–H and O–H groups in total. The van der Waals surface area contributed by atoms with Crippen LogP contribution < -0.4 is 0 Å². The lowest BCUT2D eigenvalue weighted by molar-refractivity contribution is -0.0668. The van der Waals surface area contributed by atoms with E-state index in [-0.39, 0.29) is 24.8 Å². The molecule has 1 aliphatic heterocycles. The van der Waals surface area contributed by atoms with Crippen molar-refractivity contribution in [2.45, 2.75) is 19.1 Å². The molecule has 1 fully saturated rings. The number of carbonyl (C=O) groups excluding carboxylic acids is 1. The van der Waals surface area contributed by atoms with Crippen LogP contribution in [0.25, 0.3) is 0 Å². The van der Waals surface area contributed by atoms with Gasteiger partial charge in [-0.3, -0.25) is 4.79 Å². The van der Waals surface area contributed by atoms with Crippen molar-refractivity contribution in [2.75, 3.05) is 19.8 Å². The third-order valence-corrected chi connectivity index (χ3v) is 2.96. The summed E-state index contributed by atoms with van der Waals surface area (Å²) in [6.07, 6.45) is 0.885. The van der Waals surface area contributed by atoms with Crippen molar-refractivity contribution in [1.29, 1.82) is 0 Å². The molecule has 0 saturated carbocycles. The van der Waals surface area contributed by atoms with Gasteiger partial charge in [0.2, 0.25) is 5.95 Å². The normalized spacial score (nSPS) is 24.1. The van der Waals surface area contributed by atoms with Gasteiger partial charge in [-0.25, -0.2) is 4.98 Å². The van der Waals surface area contributed by atoms with E-state index in [0.717, 1.165) is 0 Å². The Balaban J connectivity index is 2.19. The van der Waals surface area contributed by atoms with Gasteiger partial charge in [0.05, 0.1) is 30.9 Å². The number of amides is 1. The van der Waals surface area contributed by atoms with Crippen LogP contribution >= 0.6 is 0 Å². The van der Waals surface area contributed by atoms with Gasteiger partial charge in [0.15, 0.2) is 0 Å². The van der Waals surface area contributed by atoms with Crippen molar-refractivity contribution in [1.82, 2.24) is 9.88 Å². The number of aromatic nitrogens is 1. The van der Waals surface area contributed by atoms with E-state index in [1.165, 1.54) is 23.2 Å². The summed E-state index contributed by atoms with van der Waals surface area (Å²) in [6, 6.07) is 2.77.